The predicted molar refractivity (Wildman–Crippen MR) is 138 cm³/mol. The topological polar surface area (TPSA) is 91.0 Å². The number of amides is 2. The summed E-state index contributed by atoms with van der Waals surface area (Å²) in [6.07, 6.45) is 1.52. The van der Waals surface area contributed by atoms with Gasteiger partial charge in [0.1, 0.15) is 0 Å². The third-order valence-corrected chi connectivity index (χ3v) is 9.33. The average Bonchev–Trinajstić information content (AvgIpc) is 2.72. The van der Waals surface area contributed by atoms with Crippen molar-refractivity contribution in [1.29, 1.82) is 0 Å². The molecule has 3 rings (SSSR count). The van der Waals surface area contributed by atoms with E-state index in [-0.39, 0.29) is 30.3 Å². The zero-order valence-corrected chi connectivity index (χ0v) is 22.8. The van der Waals surface area contributed by atoms with Crippen LogP contribution in [0, 0.1) is 13.8 Å². The molecule has 0 aromatic heterocycles. The summed E-state index contributed by atoms with van der Waals surface area (Å²) in [5.74, 6) is 0. The molecule has 192 valence electrons. The van der Waals surface area contributed by atoms with Crippen LogP contribution in [0.1, 0.15) is 65.5 Å². The predicted octanol–water partition coefficient (Wildman–Crippen LogP) is 4.02. The molecule has 1 unspecified atom stereocenters. The van der Waals surface area contributed by atoms with Crippen LogP contribution in [-0.2, 0) is 14.8 Å². The molecule has 0 spiro atoms. The van der Waals surface area contributed by atoms with E-state index in [0.29, 0.717) is 25.9 Å². The van der Waals surface area contributed by atoms with Crippen LogP contribution in [0.4, 0.5) is 16.2 Å². The Labute approximate surface area is 205 Å². The average molecular weight is 495 g/mol. The van der Waals surface area contributed by atoms with Gasteiger partial charge in [0.05, 0.1) is 23.0 Å². The van der Waals surface area contributed by atoms with E-state index in [2.05, 4.69) is 48.7 Å². The van der Waals surface area contributed by atoms with Crippen molar-refractivity contribution in [3.63, 3.8) is 0 Å². The van der Waals surface area contributed by atoms with E-state index >= 15 is 0 Å². The fourth-order valence-electron chi connectivity index (χ4n) is 4.57. The van der Waals surface area contributed by atoms with Crippen LogP contribution < -0.4 is 14.9 Å². The molecule has 2 saturated heterocycles. The maximum atomic E-state index is 13.0. The number of aryl methyl sites for hydroxylation is 2. The summed E-state index contributed by atoms with van der Waals surface area (Å²) in [4.78, 5) is 17.1. The van der Waals surface area contributed by atoms with Crippen molar-refractivity contribution < 1.29 is 17.9 Å². The molecule has 0 aliphatic carbocycles. The van der Waals surface area contributed by atoms with Crippen molar-refractivity contribution in [2.24, 2.45) is 0 Å². The van der Waals surface area contributed by atoms with Crippen LogP contribution >= 0.6 is 0 Å². The highest BCUT2D eigenvalue weighted by molar-refractivity contribution is 7.90. The van der Waals surface area contributed by atoms with Crippen LogP contribution in [0.3, 0.4) is 0 Å². The minimum Gasteiger partial charge on any atom is -0.372 e. The smallest absolute Gasteiger partial charge is 0.321 e. The van der Waals surface area contributed by atoms with Gasteiger partial charge in [0, 0.05) is 37.1 Å². The number of urea groups is 1. The second kappa shape index (κ2) is 10.0. The molecule has 2 amide bonds. The summed E-state index contributed by atoms with van der Waals surface area (Å²) in [5.41, 5.74) is 4.12. The minimum absolute atomic E-state index is 0.142. The number of piperidine rings is 1. The van der Waals surface area contributed by atoms with Crippen LogP contribution in [0.2, 0.25) is 0 Å². The van der Waals surface area contributed by atoms with E-state index in [0.717, 1.165) is 23.4 Å². The Bertz CT molecular complexity index is 997. The third kappa shape index (κ3) is 5.86. The molecule has 0 radical (unpaired) electrons. The first-order chi connectivity index (χ1) is 15.7. The Morgan fingerprint density at radius 2 is 1.68 bits per heavy atom. The number of rotatable bonds is 4. The summed E-state index contributed by atoms with van der Waals surface area (Å²) >= 11 is 0. The third-order valence-electron chi connectivity index (χ3n) is 7.08. The summed E-state index contributed by atoms with van der Waals surface area (Å²) in [5, 5.41) is 3.07. The maximum Gasteiger partial charge on any atom is 0.321 e. The molecule has 1 aromatic rings. The number of hydrogen-bond acceptors (Lipinski definition) is 5. The largest absolute Gasteiger partial charge is 0.372 e. The van der Waals surface area contributed by atoms with Crippen LogP contribution in [0.25, 0.3) is 0 Å². The van der Waals surface area contributed by atoms with Crippen molar-refractivity contribution in [3.8, 4) is 0 Å². The quantitative estimate of drug-likeness (QED) is 0.660. The Morgan fingerprint density at radius 1 is 1.06 bits per heavy atom. The van der Waals surface area contributed by atoms with Gasteiger partial charge in [0.15, 0.2) is 0 Å². The summed E-state index contributed by atoms with van der Waals surface area (Å²) in [7, 11) is -3.40. The molecule has 0 bridgehead atoms. The van der Waals surface area contributed by atoms with Crippen LogP contribution in [0.5, 0.6) is 0 Å². The lowest BCUT2D eigenvalue weighted by atomic mass is 10.0. The van der Waals surface area contributed by atoms with Gasteiger partial charge in [-0.05, 0) is 91.5 Å². The molecule has 2 heterocycles. The molecule has 0 saturated carbocycles. The molecule has 9 heteroatoms. The highest BCUT2D eigenvalue weighted by Gasteiger charge is 2.34. The standard InChI is InChI=1S/C25H42N4O4S/c1-16-14-23(29-15-18(3)33-20(5)19(29)4)17(2)13-22(16)26-24(30)28-11-9-21(10-12-28)27-34(31,32)25(6,7)8/h13-14,18-21,27H,9-12,15H2,1-8H3,(H,26,30)/t18-,19?,20+/m0/s1. The SMILES string of the molecule is Cc1cc(N2C[C@H](C)O[C@H](C)C2C)c(C)cc1NC(=O)N1CCC(NS(=O)(=O)C(C)(C)C)CC1. The molecular weight excluding hydrogens is 452 g/mol. The van der Waals surface area contributed by atoms with Crippen molar-refractivity contribution >= 4 is 27.4 Å². The molecule has 34 heavy (non-hydrogen) atoms. The van der Waals surface area contributed by atoms with Gasteiger partial charge in [-0.15, -0.1) is 0 Å². The van der Waals surface area contributed by atoms with Gasteiger partial charge in [-0.1, -0.05) is 0 Å². The highest BCUT2D eigenvalue weighted by atomic mass is 32.2. The van der Waals surface area contributed by atoms with Gasteiger partial charge >= 0.3 is 6.03 Å². The monoisotopic (exact) mass is 494 g/mol. The molecule has 8 nitrogen and oxygen atoms in total. The molecule has 3 atom stereocenters. The Kier molecular flexibility index (Phi) is 7.89. The first kappa shape index (κ1) is 26.8. The molecule has 1 aromatic carbocycles. The molecule has 2 aliphatic rings. The molecular formula is C25H42N4O4S. The zero-order chi connectivity index (χ0) is 25.4. The second-order valence-electron chi connectivity index (χ2n) is 10.9. The number of ether oxygens (including phenoxy) is 1. The van der Waals surface area contributed by atoms with Crippen molar-refractivity contribution in [1.82, 2.24) is 9.62 Å². The summed E-state index contributed by atoms with van der Waals surface area (Å²) in [6, 6.07) is 4.18. The van der Waals surface area contributed by atoms with E-state index in [9.17, 15) is 13.2 Å². The number of anilines is 2. The summed E-state index contributed by atoms with van der Waals surface area (Å²) < 4.78 is 32.8. The number of hydrogen-bond donors (Lipinski definition) is 2. The van der Waals surface area contributed by atoms with Gasteiger partial charge in [-0.3, -0.25) is 0 Å². The normalized spacial score (nSPS) is 24.9. The van der Waals surface area contributed by atoms with E-state index in [4.69, 9.17) is 4.74 Å². The maximum absolute atomic E-state index is 13.0. The number of nitrogens with zero attached hydrogens (tertiary/aromatic N) is 2. The second-order valence-corrected chi connectivity index (χ2v) is 13.4. The van der Waals surface area contributed by atoms with Crippen molar-refractivity contribution in [3.05, 3.63) is 23.3 Å². The first-order valence-electron chi connectivity index (χ1n) is 12.3. The van der Waals surface area contributed by atoms with E-state index in [1.54, 1.807) is 25.7 Å². The number of carbonyl (C=O) groups is 1. The minimum atomic E-state index is -3.40. The Balaban J connectivity index is 1.63. The van der Waals surface area contributed by atoms with E-state index in [1.165, 1.54) is 5.69 Å². The number of carbonyl (C=O) groups excluding carboxylic acids is 1. The molecule has 2 fully saturated rings. The fourth-order valence-corrected chi connectivity index (χ4v) is 5.60. The lowest BCUT2D eigenvalue weighted by Crippen LogP contribution is -2.52. The van der Waals surface area contributed by atoms with Gasteiger partial charge in [0.2, 0.25) is 10.0 Å². The number of benzene rings is 1. The highest BCUT2D eigenvalue weighted by Crippen LogP contribution is 2.32. The number of sulfonamides is 1. The Morgan fingerprint density at radius 3 is 2.26 bits per heavy atom. The first-order valence-corrected chi connectivity index (χ1v) is 13.8. The molecule has 2 N–H and O–H groups in total. The lowest BCUT2D eigenvalue weighted by molar-refractivity contribution is -0.0258. The number of morpholine rings is 1. The number of nitrogens with one attached hydrogen (secondary N) is 2. The fraction of sp³-hybridized carbons (Fsp3) is 0.720. The molecule has 2 aliphatic heterocycles. The lowest BCUT2D eigenvalue weighted by Gasteiger charge is -2.43. The van der Waals surface area contributed by atoms with Gasteiger partial charge in [0.25, 0.3) is 0 Å². The van der Waals surface area contributed by atoms with Crippen molar-refractivity contribution in [2.45, 2.75) is 97.3 Å². The van der Waals surface area contributed by atoms with E-state index in [1.807, 2.05) is 13.0 Å². The Hall–Kier alpha value is -1.84. The summed E-state index contributed by atoms with van der Waals surface area (Å²) in [6.45, 7) is 17.4. The van der Waals surface area contributed by atoms with Gasteiger partial charge in [-0.2, -0.15) is 0 Å². The van der Waals surface area contributed by atoms with Gasteiger partial charge < -0.3 is 19.9 Å². The zero-order valence-electron chi connectivity index (χ0n) is 21.9. The van der Waals surface area contributed by atoms with Gasteiger partial charge in [-0.25, -0.2) is 17.9 Å². The van der Waals surface area contributed by atoms with Crippen LogP contribution in [0.15, 0.2) is 12.1 Å². The van der Waals surface area contributed by atoms with Crippen LogP contribution in [-0.4, -0.2) is 68.0 Å². The van der Waals surface area contributed by atoms with Crippen molar-refractivity contribution in [2.75, 3.05) is 29.9 Å². The number of likely N-dealkylation sites (tertiary alicyclic amines) is 1. The van der Waals surface area contributed by atoms with E-state index < -0.39 is 14.8 Å².